The van der Waals surface area contributed by atoms with Crippen LogP contribution in [0.5, 0.6) is 0 Å². The monoisotopic (exact) mass is 285 g/mol. The summed E-state index contributed by atoms with van der Waals surface area (Å²) >= 11 is 0. The Morgan fingerprint density at radius 3 is 2.62 bits per heavy atom. The van der Waals surface area contributed by atoms with Gasteiger partial charge >= 0.3 is 11.7 Å². The van der Waals surface area contributed by atoms with Crippen molar-refractivity contribution in [3.63, 3.8) is 0 Å². The van der Waals surface area contributed by atoms with Gasteiger partial charge in [0.2, 0.25) is 0 Å². The molecule has 0 fully saturated rings. The second-order valence-electron chi connectivity index (χ2n) is 4.54. The zero-order valence-corrected chi connectivity index (χ0v) is 12.1. The molecule has 0 aliphatic rings. The van der Waals surface area contributed by atoms with E-state index in [1.807, 2.05) is 6.07 Å². The predicted octanol–water partition coefficient (Wildman–Crippen LogP) is 1.35. The molecule has 6 nitrogen and oxygen atoms in total. The van der Waals surface area contributed by atoms with Crippen LogP contribution in [0.15, 0.2) is 28.6 Å². The molecule has 0 saturated heterocycles. The summed E-state index contributed by atoms with van der Waals surface area (Å²) in [5.74, 6) is -0.651. The first-order valence-corrected chi connectivity index (χ1v) is 6.44. The van der Waals surface area contributed by atoms with Crippen molar-refractivity contribution in [2.45, 2.75) is 6.92 Å². The van der Waals surface area contributed by atoms with E-state index in [9.17, 15) is 9.59 Å². The molecule has 0 aliphatic heterocycles. The molecule has 0 atom stereocenters. The minimum atomic E-state index is -0.651. The third-order valence-corrected chi connectivity index (χ3v) is 3.22. The molecular weight excluding hydrogens is 270 g/mol. The maximum Gasteiger partial charge on any atom is 0.348 e. The summed E-state index contributed by atoms with van der Waals surface area (Å²) in [7, 11) is 3.37. The minimum Gasteiger partial charge on any atom is -0.462 e. The van der Waals surface area contributed by atoms with Gasteiger partial charge < -0.3 is 4.74 Å². The average molecular weight is 285 g/mol. The molecule has 0 N–H and O–H groups in total. The van der Waals surface area contributed by atoms with Crippen molar-refractivity contribution in [3.05, 3.63) is 39.8 Å². The highest BCUT2D eigenvalue weighted by Gasteiger charge is 2.11. The summed E-state index contributed by atoms with van der Waals surface area (Å²) in [6, 6.07) is 7.11. The second-order valence-corrected chi connectivity index (χ2v) is 4.54. The van der Waals surface area contributed by atoms with Gasteiger partial charge in [-0.25, -0.2) is 9.59 Å². The summed E-state index contributed by atoms with van der Waals surface area (Å²) < 4.78 is 7.87. The van der Waals surface area contributed by atoms with Crippen molar-refractivity contribution in [2.24, 2.45) is 14.1 Å². The van der Waals surface area contributed by atoms with Crippen molar-refractivity contribution >= 4 is 23.1 Å². The Morgan fingerprint density at radius 2 is 2.00 bits per heavy atom. The standard InChI is InChI=1S/C15H15N3O3/c1-4-21-14(19)11(9-16)7-10-5-6-12-13(8-10)18(3)15(20)17(12)2/h5-8H,4H2,1-3H3. The van der Waals surface area contributed by atoms with Crippen molar-refractivity contribution < 1.29 is 9.53 Å². The van der Waals surface area contributed by atoms with E-state index in [4.69, 9.17) is 10.00 Å². The topological polar surface area (TPSA) is 77.0 Å². The van der Waals surface area contributed by atoms with Gasteiger partial charge in [-0.1, -0.05) is 6.07 Å². The number of imidazole rings is 1. The molecule has 0 bridgehead atoms. The lowest BCUT2D eigenvalue weighted by atomic mass is 10.1. The van der Waals surface area contributed by atoms with Crippen molar-refractivity contribution in [3.8, 4) is 6.07 Å². The van der Waals surface area contributed by atoms with Crippen LogP contribution < -0.4 is 5.69 Å². The number of fused-ring (bicyclic) bond motifs is 1. The first-order chi connectivity index (χ1) is 9.99. The van der Waals surface area contributed by atoms with Crippen molar-refractivity contribution in [1.29, 1.82) is 5.26 Å². The predicted molar refractivity (Wildman–Crippen MR) is 78.4 cm³/mol. The van der Waals surface area contributed by atoms with E-state index in [0.29, 0.717) is 5.56 Å². The fourth-order valence-corrected chi connectivity index (χ4v) is 2.13. The number of aromatic nitrogens is 2. The van der Waals surface area contributed by atoms with E-state index in [1.165, 1.54) is 10.6 Å². The smallest absolute Gasteiger partial charge is 0.348 e. The number of nitriles is 1. The number of ether oxygens (including phenoxy) is 1. The average Bonchev–Trinajstić information content (AvgIpc) is 2.69. The molecule has 0 saturated carbocycles. The van der Waals surface area contributed by atoms with Gasteiger partial charge in [-0.3, -0.25) is 9.13 Å². The van der Waals surface area contributed by atoms with Crippen LogP contribution in [0.25, 0.3) is 17.1 Å². The number of rotatable bonds is 3. The SMILES string of the molecule is CCOC(=O)C(C#N)=Cc1ccc2c(c1)n(C)c(=O)n2C. The Hall–Kier alpha value is -2.81. The molecule has 1 aromatic carbocycles. The number of esters is 1. The molecule has 6 heteroatoms. The van der Waals surface area contributed by atoms with Gasteiger partial charge in [0.1, 0.15) is 11.6 Å². The fourth-order valence-electron chi connectivity index (χ4n) is 2.13. The second kappa shape index (κ2) is 5.67. The van der Waals surface area contributed by atoms with Gasteiger partial charge in [0.25, 0.3) is 0 Å². The highest BCUT2D eigenvalue weighted by Crippen LogP contribution is 2.16. The Bertz CT molecular complexity index is 834. The third kappa shape index (κ3) is 2.58. The number of benzene rings is 1. The molecule has 0 aliphatic carbocycles. The molecule has 0 unspecified atom stereocenters. The summed E-state index contributed by atoms with van der Waals surface area (Å²) in [5, 5.41) is 9.02. The Morgan fingerprint density at radius 1 is 1.33 bits per heavy atom. The Kier molecular flexibility index (Phi) is 3.94. The number of aryl methyl sites for hydroxylation is 2. The zero-order chi connectivity index (χ0) is 15.6. The minimum absolute atomic E-state index is 0.0721. The van der Waals surface area contributed by atoms with Gasteiger partial charge in [0, 0.05) is 14.1 Å². The normalized spacial score (nSPS) is 11.4. The zero-order valence-electron chi connectivity index (χ0n) is 12.1. The van der Waals surface area contributed by atoms with Gasteiger partial charge in [0.05, 0.1) is 17.6 Å². The van der Waals surface area contributed by atoms with Gasteiger partial charge in [-0.2, -0.15) is 5.26 Å². The lowest BCUT2D eigenvalue weighted by molar-refractivity contribution is -0.137. The molecule has 0 amide bonds. The molecule has 21 heavy (non-hydrogen) atoms. The van der Waals surface area contributed by atoms with E-state index >= 15 is 0 Å². The van der Waals surface area contributed by atoms with Gasteiger partial charge in [-0.05, 0) is 30.7 Å². The molecule has 0 spiro atoms. The van der Waals surface area contributed by atoms with Crippen LogP contribution in [0.1, 0.15) is 12.5 Å². The number of carbonyl (C=O) groups excluding carboxylic acids is 1. The number of hydrogen-bond donors (Lipinski definition) is 0. The summed E-state index contributed by atoms with van der Waals surface area (Å²) in [6.07, 6.45) is 1.45. The quantitative estimate of drug-likeness (QED) is 0.484. The van der Waals surface area contributed by atoms with Crippen LogP contribution in [0.4, 0.5) is 0 Å². The van der Waals surface area contributed by atoms with Crippen LogP contribution >= 0.6 is 0 Å². The fraction of sp³-hybridized carbons (Fsp3) is 0.267. The molecule has 0 radical (unpaired) electrons. The van der Waals surface area contributed by atoms with Crippen LogP contribution in [-0.2, 0) is 23.6 Å². The summed E-state index contributed by atoms with van der Waals surface area (Å²) in [6.45, 7) is 1.89. The molecule has 2 rings (SSSR count). The van der Waals surface area contributed by atoms with Crippen molar-refractivity contribution in [1.82, 2.24) is 9.13 Å². The van der Waals surface area contributed by atoms with Crippen LogP contribution in [0.2, 0.25) is 0 Å². The molecule has 1 heterocycles. The van der Waals surface area contributed by atoms with Crippen LogP contribution in [0, 0.1) is 11.3 Å². The highest BCUT2D eigenvalue weighted by molar-refractivity contribution is 5.98. The van der Waals surface area contributed by atoms with Crippen molar-refractivity contribution in [2.75, 3.05) is 6.61 Å². The third-order valence-electron chi connectivity index (χ3n) is 3.22. The van der Waals surface area contributed by atoms with E-state index in [-0.39, 0.29) is 17.9 Å². The first-order valence-electron chi connectivity index (χ1n) is 6.44. The first kappa shape index (κ1) is 14.6. The highest BCUT2D eigenvalue weighted by atomic mass is 16.5. The maximum atomic E-state index is 11.9. The molecule has 108 valence electrons. The van der Waals surface area contributed by atoms with Crippen LogP contribution in [-0.4, -0.2) is 21.7 Å². The van der Waals surface area contributed by atoms with E-state index in [2.05, 4.69) is 0 Å². The summed E-state index contributed by atoms with van der Waals surface area (Å²) in [5.41, 5.74) is 1.98. The maximum absolute atomic E-state index is 11.9. The number of carbonyl (C=O) groups is 1. The lowest BCUT2D eigenvalue weighted by Crippen LogP contribution is -2.19. The van der Waals surface area contributed by atoms with Crippen LogP contribution in [0.3, 0.4) is 0 Å². The molecular formula is C15H15N3O3. The Balaban J connectivity index is 2.53. The Labute approximate surface area is 121 Å². The largest absolute Gasteiger partial charge is 0.462 e. The van der Waals surface area contributed by atoms with E-state index in [0.717, 1.165) is 11.0 Å². The van der Waals surface area contributed by atoms with Gasteiger partial charge in [-0.15, -0.1) is 0 Å². The number of nitrogens with zero attached hydrogens (tertiary/aromatic N) is 3. The van der Waals surface area contributed by atoms with E-state index in [1.54, 1.807) is 43.8 Å². The van der Waals surface area contributed by atoms with Gasteiger partial charge in [0.15, 0.2) is 0 Å². The van der Waals surface area contributed by atoms with E-state index < -0.39 is 5.97 Å². The molecule has 2 aromatic rings. The molecule has 1 aromatic heterocycles. The summed E-state index contributed by atoms with van der Waals surface area (Å²) in [4.78, 5) is 23.5. The number of hydrogen-bond acceptors (Lipinski definition) is 4. The lowest BCUT2D eigenvalue weighted by Gasteiger charge is -2.01.